The molecule has 1 saturated heterocycles. The normalized spacial score (nSPS) is 19.8. The van der Waals surface area contributed by atoms with Gasteiger partial charge in [-0.2, -0.15) is 13.2 Å². The number of benzene rings is 1. The van der Waals surface area contributed by atoms with Gasteiger partial charge in [0.05, 0.1) is 5.56 Å². The number of anilines is 1. The molecule has 0 spiro atoms. The molecular formula is C18H14F5N3O2. The Hall–Kier alpha value is -3.04. The van der Waals surface area contributed by atoms with Gasteiger partial charge in [-0.15, -0.1) is 0 Å². The van der Waals surface area contributed by atoms with Crippen LogP contribution in [-0.2, 0) is 15.8 Å². The fourth-order valence-corrected chi connectivity index (χ4v) is 3.12. The number of rotatable bonds is 3. The number of likely N-dealkylation sites (tertiary alicyclic amines) is 1. The number of hydrogen-bond donors (Lipinski definition) is 1. The van der Waals surface area contributed by atoms with Crippen molar-refractivity contribution in [1.82, 2.24) is 9.88 Å². The van der Waals surface area contributed by atoms with Crippen molar-refractivity contribution in [1.29, 1.82) is 0 Å². The third-order valence-corrected chi connectivity index (χ3v) is 4.45. The number of halogens is 5. The molecule has 10 heteroatoms. The van der Waals surface area contributed by atoms with E-state index >= 15 is 0 Å². The average Bonchev–Trinajstić information content (AvgIpc) is 2.89. The smallest absolute Gasteiger partial charge is 0.344 e. The molecule has 5 nitrogen and oxygen atoms in total. The van der Waals surface area contributed by atoms with Crippen molar-refractivity contribution in [3.05, 3.63) is 59.3 Å². The van der Waals surface area contributed by atoms with Gasteiger partial charge in [0.25, 0.3) is 0 Å². The Kier molecular flexibility index (Phi) is 5.05. The first-order chi connectivity index (χ1) is 13.1. The van der Waals surface area contributed by atoms with E-state index in [1.807, 2.05) is 0 Å². The number of carbonyl (C=O) groups excluding carboxylic acids is 2. The molecule has 0 bridgehead atoms. The van der Waals surface area contributed by atoms with Crippen LogP contribution in [0.3, 0.4) is 0 Å². The second-order valence-electron chi connectivity index (χ2n) is 6.42. The monoisotopic (exact) mass is 399 g/mol. The van der Waals surface area contributed by atoms with Crippen LogP contribution in [0.15, 0.2) is 36.5 Å². The van der Waals surface area contributed by atoms with E-state index in [9.17, 15) is 31.5 Å². The van der Waals surface area contributed by atoms with Crippen LogP contribution in [-0.4, -0.2) is 35.3 Å². The molecular weight excluding hydrogens is 385 g/mol. The number of likely N-dealkylation sites (N-methyl/N-ethyl adjacent to an activating group) is 1. The molecule has 3 rings (SSSR count). The predicted molar refractivity (Wildman–Crippen MR) is 88.1 cm³/mol. The zero-order valence-electron chi connectivity index (χ0n) is 14.4. The summed E-state index contributed by atoms with van der Waals surface area (Å²) in [6, 6.07) is 4.45. The molecule has 1 aromatic carbocycles. The summed E-state index contributed by atoms with van der Waals surface area (Å²) in [6.07, 6.45) is -4.02. The van der Waals surface area contributed by atoms with Crippen molar-refractivity contribution in [3.63, 3.8) is 0 Å². The molecule has 0 radical (unpaired) electrons. The van der Waals surface area contributed by atoms with E-state index in [1.54, 1.807) is 0 Å². The van der Waals surface area contributed by atoms with Crippen molar-refractivity contribution in [2.75, 3.05) is 18.9 Å². The maximum atomic E-state index is 13.5. The lowest BCUT2D eigenvalue weighted by molar-refractivity contribution is -0.138. The predicted octanol–water partition coefficient (Wildman–Crippen LogP) is 3.19. The van der Waals surface area contributed by atoms with Crippen LogP contribution >= 0.6 is 0 Å². The zero-order chi connectivity index (χ0) is 20.6. The molecule has 0 unspecified atom stereocenters. The highest BCUT2D eigenvalue weighted by Gasteiger charge is 2.44. The van der Waals surface area contributed by atoms with Gasteiger partial charge in [-0.25, -0.2) is 13.8 Å². The largest absolute Gasteiger partial charge is 0.417 e. The fourth-order valence-electron chi connectivity index (χ4n) is 3.12. The van der Waals surface area contributed by atoms with Gasteiger partial charge < -0.3 is 10.2 Å². The Bertz CT molecular complexity index is 894. The summed E-state index contributed by atoms with van der Waals surface area (Å²) in [7, 11) is 1.44. The molecule has 2 atom stereocenters. The lowest BCUT2D eigenvalue weighted by Crippen LogP contribution is -2.33. The summed E-state index contributed by atoms with van der Waals surface area (Å²) in [5.74, 6) is -5.38. The Morgan fingerprint density at radius 2 is 1.82 bits per heavy atom. The number of alkyl halides is 3. The molecule has 2 amide bonds. The van der Waals surface area contributed by atoms with E-state index in [2.05, 4.69) is 10.3 Å². The van der Waals surface area contributed by atoms with Crippen LogP contribution in [0.2, 0.25) is 0 Å². The van der Waals surface area contributed by atoms with Crippen LogP contribution in [0.25, 0.3) is 0 Å². The highest BCUT2D eigenvalue weighted by atomic mass is 19.4. The van der Waals surface area contributed by atoms with Gasteiger partial charge in [-0.05, 0) is 29.8 Å². The Morgan fingerprint density at radius 3 is 2.36 bits per heavy atom. The van der Waals surface area contributed by atoms with Crippen molar-refractivity contribution >= 4 is 17.6 Å². The zero-order valence-corrected chi connectivity index (χ0v) is 14.4. The number of carbonyl (C=O) groups is 2. The van der Waals surface area contributed by atoms with Crippen molar-refractivity contribution in [2.45, 2.75) is 12.1 Å². The summed E-state index contributed by atoms with van der Waals surface area (Å²) < 4.78 is 64.9. The second-order valence-corrected chi connectivity index (χ2v) is 6.42. The minimum Gasteiger partial charge on any atom is -0.344 e. The maximum absolute atomic E-state index is 13.5. The highest BCUT2D eigenvalue weighted by molar-refractivity contribution is 6.08. The summed E-state index contributed by atoms with van der Waals surface area (Å²) >= 11 is 0. The topological polar surface area (TPSA) is 62.3 Å². The van der Waals surface area contributed by atoms with Crippen molar-refractivity contribution < 1.29 is 31.5 Å². The van der Waals surface area contributed by atoms with Crippen LogP contribution in [0, 0.1) is 17.6 Å². The molecule has 2 aromatic rings. The number of hydrogen-bond acceptors (Lipinski definition) is 3. The minimum absolute atomic E-state index is 0.0558. The number of aromatic nitrogens is 1. The van der Waals surface area contributed by atoms with Gasteiger partial charge in [0.2, 0.25) is 11.8 Å². The second kappa shape index (κ2) is 7.17. The molecule has 2 heterocycles. The third-order valence-electron chi connectivity index (χ3n) is 4.45. The summed E-state index contributed by atoms with van der Waals surface area (Å²) in [5, 5.41) is 2.29. The molecule has 1 aliphatic rings. The molecule has 28 heavy (non-hydrogen) atoms. The number of amides is 2. The van der Waals surface area contributed by atoms with Gasteiger partial charge in [0.1, 0.15) is 23.4 Å². The fraction of sp³-hybridized carbons (Fsp3) is 0.278. The van der Waals surface area contributed by atoms with Crippen LogP contribution in [0.1, 0.15) is 17.0 Å². The average molecular weight is 399 g/mol. The standard InChI is InChI=1S/C18H14F5N3O2/c1-26-8-13(9-4-11(19)6-12(20)5-9)15(17(26)28)16(27)25-14-3-2-10(7-24-14)18(21,22)23/h2-7,13,15H,8H2,1H3,(H,24,25,27)/t13-,15+/m1/s1. The van der Waals surface area contributed by atoms with E-state index in [-0.39, 0.29) is 17.9 Å². The molecule has 0 saturated carbocycles. The SMILES string of the molecule is CN1C[C@H](c2cc(F)cc(F)c2)[C@@H](C(=O)Nc2ccc(C(F)(F)F)cn2)C1=O. The quantitative estimate of drug-likeness (QED) is 0.637. The molecule has 1 N–H and O–H groups in total. The van der Waals surface area contributed by atoms with Gasteiger partial charge in [0.15, 0.2) is 0 Å². The van der Waals surface area contributed by atoms with E-state index in [4.69, 9.17) is 0 Å². The number of nitrogens with zero attached hydrogens (tertiary/aromatic N) is 2. The molecule has 1 aromatic heterocycles. The summed E-state index contributed by atoms with van der Waals surface area (Å²) in [5.41, 5.74) is -0.856. The first-order valence-electron chi connectivity index (χ1n) is 8.11. The first kappa shape index (κ1) is 19.7. The van der Waals surface area contributed by atoms with Crippen LogP contribution in [0.4, 0.5) is 27.8 Å². The molecule has 148 valence electrons. The molecule has 1 aliphatic heterocycles. The Balaban J connectivity index is 1.84. The van der Waals surface area contributed by atoms with E-state index in [0.29, 0.717) is 12.3 Å². The van der Waals surface area contributed by atoms with E-state index < -0.39 is 47.0 Å². The minimum atomic E-state index is -4.58. The Morgan fingerprint density at radius 1 is 1.18 bits per heavy atom. The van der Waals surface area contributed by atoms with Gasteiger partial charge in [0, 0.05) is 31.8 Å². The van der Waals surface area contributed by atoms with E-state index in [0.717, 1.165) is 24.3 Å². The van der Waals surface area contributed by atoms with Gasteiger partial charge in [-0.1, -0.05) is 0 Å². The van der Waals surface area contributed by atoms with Gasteiger partial charge in [-0.3, -0.25) is 9.59 Å². The first-order valence-corrected chi connectivity index (χ1v) is 8.11. The highest BCUT2D eigenvalue weighted by Crippen LogP contribution is 2.35. The third kappa shape index (κ3) is 3.95. The lowest BCUT2D eigenvalue weighted by Gasteiger charge is -2.17. The van der Waals surface area contributed by atoms with Crippen molar-refractivity contribution in [3.8, 4) is 0 Å². The summed E-state index contributed by atoms with van der Waals surface area (Å²) in [4.78, 5) is 29.8. The maximum Gasteiger partial charge on any atom is 0.417 e. The van der Waals surface area contributed by atoms with Gasteiger partial charge >= 0.3 is 6.18 Å². The summed E-state index contributed by atoms with van der Waals surface area (Å²) in [6.45, 7) is 0.0558. The van der Waals surface area contributed by atoms with Crippen LogP contribution in [0.5, 0.6) is 0 Å². The Labute approximate surface area is 156 Å². The molecule has 1 fully saturated rings. The molecule has 0 aliphatic carbocycles. The van der Waals surface area contributed by atoms with Crippen LogP contribution < -0.4 is 5.32 Å². The van der Waals surface area contributed by atoms with E-state index in [1.165, 1.54) is 11.9 Å². The lowest BCUT2D eigenvalue weighted by atomic mass is 9.87. The van der Waals surface area contributed by atoms with Crippen molar-refractivity contribution in [2.24, 2.45) is 5.92 Å². The number of nitrogens with one attached hydrogen (secondary N) is 1. The number of pyridine rings is 1.